The average molecular weight is 527 g/mol. The first kappa shape index (κ1) is 26.1. The molecule has 190 valence electrons. The maximum atomic E-state index is 13.7. The van der Waals surface area contributed by atoms with Crippen molar-refractivity contribution in [2.75, 3.05) is 35.9 Å². The summed E-state index contributed by atoms with van der Waals surface area (Å²) >= 11 is 7.70. The molecule has 2 aliphatic rings. The molecule has 2 aromatic rings. The molecule has 0 bridgehead atoms. The molecule has 4 rings (SSSR count). The summed E-state index contributed by atoms with van der Waals surface area (Å²) < 4.78 is 5.43. The maximum absolute atomic E-state index is 13.7. The molecule has 0 aliphatic carbocycles. The van der Waals surface area contributed by atoms with Gasteiger partial charge in [0.1, 0.15) is 5.75 Å². The number of halogens is 1. The largest absolute Gasteiger partial charge is 0.495 e. The van der Waals surface area contributed by atoms with E-state index in [-0.39, 0.29) is 23.7 Å². The Hall–Kier alpha value is -2.97. The number of benzene rings is 2. The highest BCUT2D eigenvalue weighted by Crippen LogP contribution is 2.41. The minimum absolute atomic E-state index is 0.157. The van der Waals surface area contributed by atoms with Crippen LogP contribution in [0, 0.1) is 5.41 Å². The van der Waals surface area contributed by atoms with Gasteiger partial charge in [-0.25, -0.2) is 4.99 Å². The summed E-state index contributed by atoms with van der Waals surface area (Å²) in [5, 5.41) is 6.92. The van der Waals surface area contributed by atoms with E-state index in [1.165, 1.54) is 0 Å². The van der Waals surface area contributed by atoms with E-state index in [1.807, 2.05) is 49.4 Å². The lowest BCUT2D eigenvalue weighted by Gasteiger charge is -2.41. The molecule has 2 aromatic carbocycles. The Bertz CT molecular complexity index is 1230. The van der Waals surface area contributed by atoms with Crippen molar-refractivity contribution in [1.82, 2.24) is 4.90 Å². The highest BCUT2D eigenvalue weighted by molar-refractivity contribution is 8.13. The lowest BCUT2D eigenvalue weighted by molar-refractivity contribution is -0.123. The highest BCUT2D eigenvalue weighted by atomic mass is 35.5. The van der Waals surface area contributed by atoms with E-state index < -0.39 is 5.41 Å². The number of methoxy groups -OCH3 is 1. The van der Waals surface area contributed by atoms with Gasteiger partial charge in [-0.1, -0.05) is 36.0 Å². The molecule has 0 aromatic heterocycles. The standard InChI is InChI=1S/C27H31ClN4O3S/c1-17-22(24(33)31-20-11-5-6-12-21(20)35-4)23(32-13-8-14-36-26(32)29-17)18-9-7-10-19(15-18)30-25(34)27(2,3)16-28/h5-7,9-12,15,23H,8,13-14,16H2,1-4H3,(H,30,34)(H,31,33). The van der Waals surface area contributed by atoms with Crippen LogP contribution in [0.25, 0.3) is 0 Å². The molecular formula is C27H31ClN4O3S. The lowest BCUT2D eigenvalue weighted by Crippen LogP contribution is -2.43. The number of nitrogens with zero attached hydrogens (tertiary/aromatic N) is 2. The first-order valence-corrected chi connectivity index (χ1v) is 13.4. The quantitative estimate of drug-likeness (QED) is 0.455. The van der Waals surface area contributed by atoms with Crippen molar-refractivity contribution >= 4 is 51.7 Å². The van der Waals surface area contributed by atoms with Crippen LogP contribution in [0.3, 0.4) is 0 Å². The number of alkyl halides is 1. The van der Waals surface area contributed by atoms with Gasteiger partial charge < -0.3 is 20.3 Å². The summed E-state index contributed by atoms with van der Waals surface area (Å²) in [4.78, 5) is 33.5. The number of hydrogen-bond donors (Lipinski definition) is 2. The Balaban J connectivity index is 1.72. The molecule has 0 radical (unpaired) electrons. The zero-order valence-corrected chi connectivity index (χ0v) is 22.5. The second-order valence-corrected chi connectivity index (χ2v) is 10.8. The van der Waals surface area contributed by atoms with Gasteiger partial charge in [0.25, 0.3) is 5.91 Å². The fraction of sp³-hybridized carbons (Fsp3) is 0.370. The number of ether oxygens (including phenoxy) is 1. The van der Waals surface area contributed by atoms with E-state index in [1.54, 1.807) is 38.8 Å². The molecule has 2 aliphatic heterocycles. The summed E-state index contributed by atoms with van der Waals surface area (Å²) in [6, 6.07) is 14.6. The number of rotatable bonds is 7. The first-order chi connectivity index (χ1) is 17.2. The van der Waals surface area contributed by atoms with Gasteiger partial charge in [0.15, 0.2) is 5.17 Å². The molecule has 0 spiro atoms. The Morgan fingerprint density at radius 1 is 1.19 bits per heavy atom. The van der Waals surface area contributed by atoms with Gasteiger partial charge in [-0.2, -0.15) is 0 Å². The normalized spacial score (nSPS) is 17.8. The fourth-order valence-corrected chi connectivity index (χ4v) is 5.33. The monoisotopic (exact) mass is 526 g/mol. The van der Waals surface area contributed by atoms with Crippen LogP contribution in [0.15, 0.2) is 64.8 Å². The minimum Gasteiger partial charge on any atom is -0.495 e. The minimum atomic E-state index is -0.706. The number of carbonyl (C=O) groups excluding carboxylic acids is 2. The molecule has 1 unspecified atom stereocenters. The number of allylic oxidation sites excluding steroid dienone is 1. The molecule has 2 N–H and O–H groups in total. The van der Waals surface area contributed by atoms with Crippen molar-refractivity contribution < 1.29 is 14.3 Å². The number of amides is 2. The molecule has 2 heterocycles. The molecule has 0 saturated carbocycles. The number of hydrogen-bond acceptors (Lipinski definition) is 6. The van der Waals surface area contributed by atoms with E-state index in [2.05, 4.69) is 15.5 Å². The SMILES string of the molecule is COc1ccccc1NC(=O)C1=C(C)N=C2SCCCN2C1c1cccc(NC(=O)C(C)(C)CCl)c1. The van der Waals surface area contributed by atoms with Crippen molar-refractivity contribution in [3.05, 3.63) is 65.4 Å². The molecule has 9 heteroatoms. The van der Waals surface area contributed by atoms with E-state index in [9.17, 15) is 9.59 Å². The van der Waals surface area contributed by atoms with Crippen LogP contribution in [0.1, 0.15) is 38.8 Å². The van der Waals surface area contributed by atoms with Gasteiger partial charge >= 0.3 is 0 Å². The highest BCUT2D eigenvalue weighted by Gasteiger charge is 2.37. The number of nitrogens with one attached hydrogen (secondary N) is 2. The van der Waals surface area contributed by atoms with E-state index in [4.69, 9.17) is 21.3 Å². The van der Waals surface area contributed by atoms with Gasteiger partial charge in [-0.05, 0) is 57.0 Å². The topological polar surface area (TPSA) is 83.0 Å². The first-order valence-electron chi connectivity index (χ1n) is 11.9. The molecule has 2 amide bonds. The summed E-state index contributed by atoms with van der Waals surface area (Å²) in [5.74, 6) is 1.39. The van der Waals surface area contributed by atoms with Crippen molar-refractivity contribution in [2.45, 2.75) is 33.2 Å². The Kier molecular flexibility index (Phi) is 7.95. The van der Waals surface area contributed by atoms with Crippen molar-refractivity contribution in [1.29, 1.82) is 0 Å². The fourth-order valence-electron chi connectivity index (χ4n) is 4.19. The Morgan fingerprint density at radius 3 is 2.72 bits per heavy atom. The number of anilines is 2. The molecule has 1 fully saturated rings. The Labute approximate surface area is 221 Å². The zero-order valence-electron chi connectivity index (χ0n) is 20.9. The summed E-state index contributed by atoms with van der Waals surface area (Å²) in [5.41, 5.74) is 2.68. The maximum Gasteiger partial charge on any atom is 0.255 e. The second-order valence-electron chi connectivity index (χ2n) is 9.44. The van der Waals surface area contributed by atoms with Crippen LogP contribution >= 0.6 is 23.4 Å². The third-order valence-corrected chi connectivity index (χ3v) is 8.01. The smallest absolute Gasteiger partial charge is 0.255 e. The third-order valence-electron chi connectivity index (χ3n) is 6.27. The summed E-state index contributed by atoms with van der Waals surface area (Å²) in [7, 11) is 1.58. The molecule has 1 atom stereocenters. The van der Waals surface area contributed by atoms with Crippen LogP contribution in [0.2, 0.25) is 0 Å². The number of carbonyl (C=O) groups is 2. The van der Waals surface area contributed by atoms with Crippen molar-refractivity contribution in [2.24, 2.45) is 10.4 Å². The number of fused-ring (bicyclic) bond motifs is 1. The van der Waals surface area contributed by atoms with Gasteiger partial charge in [-0.3, -0.25) is 9.59 Å². The van der Waals surface area contributed by atoms with Gasteiger partial charge in [0.2, 0.25) is 5.91 Å². The zero-order chi connectivity index (χ0) is 25.9. The number of aliphatic imine (C=N–C) groups is 1. The van der Waals surface area contributed by atoms with Gasteiger partial charge in [0.05, 0.1) is 35.5 Å². The average Bonchev–Trinajstić information content (AvgIpc) is 2.88. The van der Waals surface area contributed by atoms with Crippen LogP contribution in [0.5, 0.6) is 5.75 Å². The van der Waals surface area contributed by atoms with E-state index in [0.29, 0.717) is 28.4 Å². The molecule has 1 saturated heterocycles. The lowest BCUT2D eigenvalue weighted by atomic mass is 9.92. The van der Waals surface area contributed by atoms with Crippen LogP contribution in [0.4, 0.5) is 11.4 Å². The summed E-state index contributed by atoms with van der Waals surface area (Å²) in [6.07, 6.45) is 0.987. The van der Waals surface area contributed by atoms with Crippen molar-refractivity contribution in [3.63, 3.8) is 0 Å². The van der Waals surface area contributed by atoms with Crippen LogP contribution in [-0.2, 0) is 9.59 Å². The molecule has 7 nitrogen and oxygen atoms in total. The molecular weight excluding hydrogens is 496 g/mol. The van der Waals surface area contributed by atoms with Gasteiger partial charge in [0, 0.05) is 23.9 Å². The Morgan fingerprint density at radius 2 is 1.97 bits per heavy atom. The number of amidine groups is 1. The van der Waals surface area contributed by atoms with Crippen LogP contribution in [-0.4, -0.2) is 47.2 Å². The number of para-hydroxylation sites is 2. The van der Waals surface area contributed by atoms with Crippen molar-refractivity contribution in [3.8, 4) is 5.75 Å². The summed E-state index contributed by atoms with van der Waals surface area (Å²) in [6.45, 7) is 6.27. The second kappa shape index (κ2) is 11.0. The van der Waals surface area contributed by atoms with E-state index in [0.717, 1.165) is 29.4 Å². The molecule has 36 heavy (non-hydrogen) atoms. The predicted molar refractivity (Wildman–Crippen MR) is 148 cm³/mol. The predicted octanol–water partition coefficient (Wildman–Crippen LogP) is 5.66. The van der Waals surface area contributed by atoms with E-state index >= 15 is 0 Å². The van der Waals surface area contributed by atoms with Crippen LogP contribution < -0.4 is 15.4 Å². The van der Waals surface area contributed by atoms with Gasteiger partial charge in [-0.15, -0.1) is 11.6 Å². The number of thioether (sulfide) groups is 1. The third kappa shape index (κ3) is 5.39.